The van der Waals surface area contributed by atoms with Gasteiger partial charge in [-0.3, -0.25) is 0 Å². The highest BCUT2D eigenvalue weighted by Gasteiger charge is 2.42. The van der Waals surface area contributed by atoms with Crippen molar-refractivity contribution in [1.29, 1.82) is 0 Å². The van der Waals surface area contributed by atoms with Crippen molar-refractivity contribution in [3.05, 3.63) is 35.4 Å². The molecule has 0 saturated heterocycles. The number of nitrogens with zero attached hydrogens (tertiary/aromatic N) is 1. The van der Waals surface area contributed by atoms with E-state index in [0.717, 1.165) is 19.5 Å². The predicted molar refractivity (Wildman–Crippen MR) is 80.4 cm³/mol. The molecule has 1 N–H and O–H groups in total. The zero-order chi connectivity index (χ0) is 13.7. The van der Waals surface area contributed by atoms with Crippen molar-refractivity contribution in [3.8, 4) is 0 Å². The zero-order valence-corrected chi connectivity index (χ0v) is 12.4. The Morgan fingerprint density at radius 3 is 2.16 bits per heavy atom. The molecule has 0 amide bonds. The fourth-order valence-electron chi connectivity index (χ4n) is 2.68. The maximum atomic E-state index is 9.35. The molecule has 0 unspecified atom stereocenters. The summed E-state index contributed by atoms with van der Waals surface area (Å²) in [5.74, 6) is 0. The van der Waals surface area contributed by atoms with Gasteiger partial charge in [-0.25, -0.2) is 0 Å². The number of benzene rings is 1. The maximum absolute atomic E-state index is 9.35. The molecule has 19 heavy (non-hydrogen) atoms. The third-order valence-electron chi connectivity index (χ3n) is 4.24. The lowest BCUT2D eigenvalue weighted by atomic mass is 10.1. The smallest absolute Gasteiger partial charge is 0.0499 e. The molecular weight excluding hydrogens is 234 g/mol. The van der Waals surface area contributed by atoms with Crippen molar-refractivity contribution in [2.75, 3.05) is 26.7 Å². The first-order chi connectivity index (χ1) is 9.17. The summed E-state index contributed by atoms with van der Waals surface area (Å²) in [6.45, 7) is 4.69. The maximum Gasteiger partial charge on any atom is 0.0499 e. The van der Waals surface area contributed by atoms with Crippen LogP contribution >= 0.6 is 0 Å². The molecule has 0 aliphatic heterocycles. The molecule has 1 aromatic carbocycles. The molecule has 1 aliphatic rings. The summed E-state index contributed by atoms with van der Waals surface area (Å²) < 4.78 is 0. The molecule has 0 spiro atoms. The summed E-state index contributed by atoms with van der Waals surface area (Å²) in [5, 5.41) is 9.35. The van der Waals surface area contributed by atoms with Crippen LogP contribution in [0, 0.1) is 5.41 Å². The van der Waals surface area contributed by atoms with Gasteiger partial charge in [-0.1, -0.05) is 37.6 Å². The summed E-state index contributed by atoms with van der Waals surface area (Å²) in [6.07, 6.45) is 5.88. The van der Waals surface area contributed by atoms with Crippen LogP contribution in [0.4, 0.5) is 0 Å². The average molecular weight is 261 g/mol. The van der Waals surface area contributed by atoms with Crippen molar-refractivity contribution < 1.29 is 5.11 Å². The summed E-state index contributed by atoms with van der Waals surface area (Å²) in [4.78, 5) is 2.36. The van der Waals surface area contributed by atoms with Crippen LogP contribution in [0.15, 0.2) is 24.3 Å². The Morgan fingerprint density at radius 1 is 1.11 bits per heavy atom. The van der Waals surface area contributed by atoms with Crippen LogP contribution in [0.5, 0.6) is 0 Å². The number of aliphatic hydroxyl groups is 1. The molecule has 2 rings (SSSR count). The number of hydrogen-bond acceptors (Lipinski definition) is 2. The Bertz CT molecular complexity index is 381. The molecule has 1 aromatic rings. The molecule has 2 nitrogen and oxygen atoms in total. The van der Waals surface area contributed by atoms with Crippen LogP contribution in [0.2, 0.25) is 0 Å². The second-order valence-electron chi connectivity index (χ2n) is 6.21. The van der Waals surface area contributed by atoms with Crippen molar-refractivity contribution in [3.63, 3.8) is 0 Å². The molecule has 0 bridgehead atoms. The third-order valence-corrected chi connectivity index (χ3v) is 4.24. The molecule has 0 aromatic heterocycles. The van der Waals surface area contributed by atoms with E-state index in [1.54, 1.807) is 0 Å². The fraction of sp³-hybridized carbons (Fsp3) is 0.647. The lowest BCUT2D eigenvalue weighted by molar-refractivity contribution is 0.165. The Morgan fingerprint density at radius 2 is 1.68 bits per heavy atom. The van der Waals surface area contributed by atoms with Crippen molar-refractivity contribution in [2.45, 2.75) is 39.0 Å². The number of rotatable bonds is 8. The Balaban J connectivity index is 1.75. The lowest BCUT2D eigenvalue weighted by Crippen LogP contribution is -2.30. The van der Waals surface area contributed by atoms with Gasteiger partial charge in [0.25, 0.3) is 0 Å². The zero-order valence-electron chi connectivity index (χ0n) is 12.4. The summed E-state index contributed by atoms with van der Waals surface area (Å²) >= 11 is 0. The van der Waals surface area contributed by atoms with Gasteiger partial charge in [-0.15, -0.1) is 0 Å². The van der Waals surface area contributed by atoms with Crippen molar-refractivity contribution >= 4 is 0 Å². The van der Waals surface area contributed by atoms with E-state index < -0.39 is 0 Å². The van der Waals surface area contributed by atoms with Gasteiger partial charge in [0, 0.05) is 25.1 Å². The molecule has 1 saturated carbocycles. The van der Waals surface area contributed by atoms with E-state index in [1.807, 2.05) is 0 Å². The molecule has 2 heteroatoms. The minimum Gasteiger partial charge on any atom is -0.396 e. The van der Waals surface area contributed by atoms with E-state index in [4.69, 9.17) is 0 Å². The molecule has 0 radical (unpaired) electrons. The highest BCUT2D eigenvalue weighted by atomic mass is 16.3. The second kappa shape index (κ2) is 6.53. The van der Waals surface area contributed by atoms with Gasteiger partial charge in [-0.05, 0) is 43.9 Å². The van der Waals surface area contributed by atoms with E-state index >= 15 is 0 Å². The van der Waals surface area contributed by atoms with Crippen LogP contribution in [0.1, 0.15) is 37.3 Å². The second-order valence-corrected chi connectivity index (χ2v) is 6.21. The topological polar surface area (TPSA) is 23.5 Å². The van der Waals surface area contributed by atoms with Crippen molar-refractivity contribution in [1.82, 2.24) is 4.90 Å². The first-order valence-corrected chi connectivity index (χ1v) is 7.55. The monoisotopic (exact) mass is 261 g/mol. The van der Waals surface area contributed by atoms with Gasteiger partial charge in [0.1, 0.15) is 0 Å². The standard InChI is InChI=1S/C17H27NO/c1-3-4-15-5-7-16(8-6-15)9-12-18(2)13-17(14-19)10-11-17/h5-8,19H,3-4,9-14H2,1-2H3. The van der Waals surface area contributed by atoms with Crippen LogP contribution in [-0.2, 0) is 12.8 Å². The number of likely N-dealkylation sites (N-methyl/N-ethyl adjacent to an activating group) is 1. The quantitative estimate of drug-likeness (QED) is 0.778. The van der Waals surface area contributed by atoms with Gasteiger partial charge < -0.3 is 10.0 Å². The van der Waals surface area contributed by atoms with Crippen LogP contribution in [-0.4, -0.2) is 36.8 Å². The van der Waals surface area contributed by atoms with Gasteiger partial charge in [-0.2, -0.15) is 0 Å². The Hall–Kier alpha value is -0.860. The normalized spacial score (nSPS) is 16.8. The highest BCUT2D eigenvalue weighted by Crippen LogP contribution is 2.45. The van der Waals surface area contributed by atoms with Gasteiger partial charge in [0.2, 0.25) is 0 Å². The third kappa shape index (κ3) is 4.32. The summed E-state index contributed by atoms with van der Waals surface area (Å²) in [5.41, 5.74) is 3.09. The predicted octanol–water partition coefficient (Wildman–Crippen LogP) is 2.89. The Kier molecular flexibility index (Phi) is 5.00. The molecule has 0 atom stereocenters. The Labute approximate surface area is 117 Å². The number of aryl methyl sites for hydroxylation is 1. The van der Waals surface area contributed by atoms with E-state index in [0.29, 0.717) is 6.61 Å². The number of hydrogen-bond donors (Lipinski definition) is 1. The van der Waals surface area contributed by atoms with E-state index in [9.17, 15) is 5.11 Å². The molecular formula is C17H27NO. The number of aliphatic hydroxyl groups excluding tert-OH is 1. The van der Waals surface area contributed by atoms with E-state index in [1.165, 1.54) is 36.8 Å². The van der Waals surface area contributed by atoms with Crippen LogP contribution in [0.3, 0.4) is 0 Å². The fourth-order valence-corrected chi connectivity index (χ4v) is 2.68. The summed E-state index contributed by atoms with van der Waals surface area (Å²) in [7, 11) is 2.17. The molecule has 1 fully saturated rings. The summed E-state index contributed by atoms with van der Waals surface area (Å²) in [6, 6.07) is 9.04. The minimum absolute atomic E-state index is 0.236. The van der Waals surface area contributed by atoms with Crippen molar-refractivity contribution in [2.24, 2.45) is 5.41 Å². The molecule has 106 valence electrons. The minimum atomic E-state index is 0.236. The largest absolute Gasteiger partial charge is 0.396 e. The van der Waals surface area contributed by atoms with E-state index in [-0.39, 0.29) is 5.41 Å². The highest BCUT2D eigenvalue weighted by molar-refractivity contribution is 5.22. The first kappa shape index (κ1) is 14.5. The van der Waals surface area contributed by atoms with E-state index in [2.05, 4.69) is 43.1 Å². The molecule has 1 aliphatic carbocycles. The van der Waals surface area contributed by atoms with Crippen LogP contribution < -0.4 is 0 Å². The lowest BCUT2D eigenvalue weighted by Gasteiger charge is -2.22. The van der Waals surface area contributed by atoms with Crippen LogP contribution in [0.25, 0.3) is 0 Å². The van der Waals surface area contributed by atoms with Gasteiger partial charge in [0.15, 0.2) is 0 Å². The van der Waals surface area contributed by atoms with Gasteiger partial charge >= 0.3 is 0 Å². The first-order valence-electron chi connectivity index (χ1n) is 7.55. The van der Waals surface area contributed by atoms with Gasteiger partial charge in [0.05, 0.1) is 0 Å². The molecule has 0 heterocycles. The SMILES string of the molecule is CCCc1ccc(CCN(C)CC2(CO)CC2)cc1. The average Bonchev–Trinajstić information content (AvgIpc) is 3.19.